The van der Waals surface area contributed by atoms with Crippen LogP contribution in [-0.4, -0.2) is 20.8 Å². The van der Waals surface area contributed by atoms with Crippen molar-refractivity contribution in [2.24, 2.45) is 5.73 Å². The fourth-order valence-electron chi connectivity index (χ4n) is 3.32. The Balaban J connectivity index is 2.61. The maximum atomic E-state index is 6.16. The van der Waals surface area contributed by atoms with Gasteiger partial charge in [0.2, 0.25) is 0 Å². The highest BCUT2D eigenvalue weighted by Crippen LogP contribution is 2.48. The van der Waals surface area contributed by atoms with Gasteiger partial charge in [-0.05, 0) is 41.8 Å². The molecule has 0 bridgehead atoms. The molecular weight excluding hydrogens is 318 g/mol. The number of ether oxygens (including phenoxy) is 2. The SMILES string of the molecule is COc1cc(C2(CN)CCCCC2)c(OC)c(Br)c1C. The van der Waals surface area contributed by atoms with Crippen LogP contribution >= 0.6 is 15.9 Å². The Hall–Kier alpha value is -0.740. The van der Waals surface area contributed by atoms with Crippen molar-refractivity contribution in [2.75, 3.05) is 20.8 Å². The van der Waals surface area contributed by atoms with E-state index in [0.717, 1.165) is 34.4 Å². The molecule has 1 aliphatic carbocycles. The Morgan fingerprint density at radius 3 is 2.35 bits per heavy atom. The molecule has 0 aliphatic heterocycles. The molecular formula is C16H24BrNO2. The molecule has 0 radical (unpaired) electrons. The lowest BCUT2D eigenvalue weighted by Crippen LogP contribution is -2.37. The molecule has 1 saturated carbocycles. The van der Waals surface area contributed by atoms with Crippen molar-refractivity contribution in [2.45, 2.75) is 44.4 Å². The molecule has 0 aromatic heterocycles. The van der Waals surface area contributed by atoms with E-state index in [4.69, 9.17) is 15.2 Å². The number of hydrogen-bond donors (Lipinski definition) is 1. The summed E-state index contributed by atoms with van der Waals surface area (Å²) in [5.74, 6) is 1.81. The largest absolute Gasteiger partial charge is 0.496 e. The lowest BCUT2D eigenvalue weighted by atomic mass is 9.69. The van der Waals surface area contributed by atoms with Crippen LogP contribution in [-0.2, 0) is 5.41 Å². The Morgan fingerprint density at radius 1 is 1.20 bits per heavy atom. The Kier molecular flexibility index (Phi) is 4.97. The first-order chi connectivity index (χ1) is 9.59. The topological polar surface area (TPSA) is 44.5 Å². The molecule has 0 saturated heterocycles. The predicted octanol–water partition coefficient (Wildman–Crippen LogP) is 3.94. The van der Waals surface area contributed by atoms with E-state index in [1.54, 1.807) is 14.2 Å². The minimum absolute atomic E-state index is 0.0209. The average Bonchev–Trinajstić information content (AvgIpc) is 2.50. The third-order valence-electron chi connectivity index (χ3n) is 4.62. The number of hydrogen-bond acceptors (Lipinski definition) is 3. The predicted molar refractivity (Wildman–Crippen MR) is 85.8 cm³/mol. The van der Waals surface area contributed by atoms with E-state index in [2.05, 4.69) is 22.0 Å². The lowest BCUT2D eigenvalue weighted by molar-refractivity contribution is 0.285. The van der Waals surface area contributed by atoms with Gasteiger partial charge >= 0.3 is 0 Å². The minimum Gasteiger partial charge on any atom is -0.496 e. The summed E-state index contributed by atoms with van der Waals surface area (Å²) in [6.07, 6.45) is 6.01. The third-order valence-corrected chi connectivity index (χ3v) is 5.57. The van der Waals surface area contributed by atoms with Crippen LogP contribution in [0.1, 0.15) is 43.2 Å². The lowest BCUT2D eigenvalue weighted by Gasteiger charge is -2.38. The molecule has 1 aliphatic rings. The van der Waals surface area contributed by atoms with E-state index in [1.165, 1.54) is 24.8 Å². The van der Waals surface area contributed by atoms with E-state index in [0.29, 0.717) is 6.54 Å². The molecule has 1 aromatic carbocycles. The van der Waals surface area contributed by atoms with E-state index < -0.39 is 0 Å². The molecule has 0 spiro atoms. The highest BCUT2D eigenvalue weighted by molar-refractivity contribution is 9.10. The van der Waals surface area contributed by atoms with Gasteiger partial charge in [-0.2, -0.15) is 0 Å². The molecule has 0 amide bonds. The van der Waals surface area contributed by atoms with E-state index in [9.17, 15) is 0 Å². The van der Waals surface area contributed by atoms with E-state index in [1.807, 2.05) is 6.92 Å². The van der Waals surface area contributed by atoms with Gasteiger partial charge in [-0.3, -0.25) is 0 Å². The molecule has 0 unspecified atom stereocenters. The van der Waals surface area contributed by atoms with Crippen molar-refractivity contribution in [1.82, 2.24) is 0 Å². The third kappa shape index (κ3) is 2.56. The van der Waals surface area contributed by atoms with Crippen LogP contribution in [0.4, 0.5) is 0 Å². The molecule has 3 nitrogen and oxygen atoms in total. The van der Waals surface area contributed by atoms with Crippen LogP contribution in [0.15, 0.2) is 10.5 Å². The molecule has 1 aromatic rings. The summed E-state index contributed by atoms with van der Waals surface area (Å²) in [4.78, 5) is 0. The van der Waals surface area contributed by atoms with Crippen molar-refractivity contribution in [3.8, 4) is 11.5 Å². The summed E-state index contributed by atoms with van der Waals surface area (Å²) in [6, 6.07) is 2.12. The maximum Gasteiger partial charge on any atom is 0.137 e. The summed E-state index contributed by atoms with van der Waals surface area (Å²) in [5.41, 5.74) is 8.44. The van der Waals surface area contributed by atoms with Crippen LogP contribution < -0.4 is 15.2 Å². The Bertz CT molecular complexity index is 482. The highest BCUT2D eigenvalue weighted by atomic mass is 79.9. The smallest absolute Gasteiger partial charge is 0.137 e. The second-order valence-electron chi connectivity index (χ2n) is 5.64. The zero-order valence-corrected chi connectivity index (χ0v) is 14.2. The van der Waals surface area contributed by atoms with Gasteiger partial charge in [-0.25, -0.2) is 0 Å². The van der Waals surface area contributed by atoms with Gasteiger partial charge in [-0.15, -0.1) is 0 Å². The molecule has 4 heteroatoms. The molecule has 2 rings (SSSR count). The molecule has 0 heterocycles. The standard InChI is InChI=1S/C16H24BrNO2/c1-11-13(19-2)9-12(15(20-3)14(11)17)16(10-18)7-5-4-6-8-16/h9H,4-8,10,18H2,1-3H3. The molecule has 20 heavy (non-hydrogen) atoms. The number of nitrogens with two attached hydrogens (primary N) is 1. The van der Waals surface area contributed by atoms with Crippen LogP contribution in [0.25, 0.3) is 0 Å². The molecule has 0 atom stereocenters. The number of methoxy groups -OCH3 is 2. The van der Waals surface area contributed by atoms with Crippen LogP contribution in [0.2, 0.25) is 0 Å². The highest BCUT2D eigenvalue weighted by Gasteiger charge is 2.36. The van der Waals surface area contributed by atoms with Crippen LogP contribution in [0.3, 0.4) is 0 Å². The molecule has 1 fully saturated rings. The fraction of sp³-hybridized carbons (Fsp3) is 0.625. The maximum absolute atomic E-state index is 6.16. The Labute approximate surface area is 130 Å². The normalized spacial score (nSPS) is 17.9. The van der Waals surface area contributed by atoms with Gasteiger partial charge in [0.15, 0.2) is 0 Å². The van der Waals surface area contributed by atoms with Crippen LogP contribution in [0.5, 0.6) is 11.5 Å². The van der Waals surface area contributed by atoms with Gasteiger partial charge in [0.1, 0.15) is 11.5 Å². The summed E-state index contributed by atoms with van der Waals surface area (Å²) in [6.45, 7) is 2.69. The Morgan fingerprint density at radius 2 is 1.85 bits per heavy atom. The monoisotopic (exact) mass is 341 g/mol. The van der Waals surface area contributed by atoms with Gasteiger partial charge in [0.05, 0.1) is 18.7 Å². The van der Waals surface area contributed by atoms with Gasteiger partial charge in [0.25, 0.3) is 0 Å². The summed E-state index contributed by atoms with van der Waals surface area (Å²) >= 11 is 3.66. The first-order valence-electron chi connectivity index (χ1n) is 7.21. The zero-order chi connectivity index (χ0) is 14.8. The quantitative estimate of drug-likeness (QED) is 0.902. The zero-order valence-electron chi connectivity index (χ0n) is 12.6. The first-order valence-corrected chi connectivity index (χ1v) is 8.00. The first kappa shape index (κ1) is 15.6. The number of benzene rings is 1. The molecule has 2 N–H and O–H groups in total. The molecule has 112 valence electrons. The van der Waals surface area contributed by atoms with Crippen molar-refractivity contribution in [1.29, 1.82) is 0 Å². The fourth-order valence-corrected chi connectivity index (χ4v) is 3.89. The second kappa shape index (κ2) is 6.35. The van der Waals surface area contributed by atoms with Crippen LogP contribution in [0, 0.1) is 6.92 Å². The van der Waals surface area contributed by atoms with Crippen molar-refractivity contribution < 1.29 is 9.47 Å². The average molecular weight is 342 g/mol. The summed E-state index contributed by atoms with van der Waals surface area (Å²) in [5, 5.41) is 0. The van der Waals surface area contributed by atoms with Crippen molar-refractivity contribution in [3.05, 3.63) is 21.7 Å². The van der Waals surface area contributed by atoms with Crippen molar-refractivity contribution >= 4 is 15.9 Å². The van der Waals surface area contributed by atoms with E-state index >= 15 is 0 Å². The van der Waals surface area contributed by atoms with Crippen molar-refractivity contribution in [3.63, 3.8) is 0 Å². The number of halogens is 1. The van der Waals surface area contributed by atoms with E-state index in [-0.39, 0.29) is 5.41 Å². The van der Waals surface area contributed by atoms with Gasteiger partial charge in [0, 0.05) is 23.1 Å². The summed E-state index contributed by atoms with van der Waals surface area (Å²) in [7, 11) is 3.43. The number of rotatable bonds is 4. The second-order valence-corrected chi connectivity index (χ2v) is 6.44. The van der Waals surface area contributed by atoms with Gasteiger partial charge < -0.3 is 15.2 Å². The minimum atomic E-state index is 0.0209. The van der Waals surface area contributed by atoms with Gasteiger partial charge in [-0.1, -0.05) is 19.3 Å². The summed E-state index contributed by atoms with van der Waals surface area (Å²) < 4.78 is 12.2.